The Morgan fingerprint density at radius 3 is 1.80 bits per heavy atom. The minimum atomic E-state index is 0.889. The molecule has 50 heavy (non-hydrogen) atoms. The van der Waals surface area contributed by atoms with Gasteiger partial charge in [-0.1, -0.05) is 84.9 Å². The second-order valence-electron chi connectivity index (χ2n) is 12.9. The number of hydrogen-bond donors (Lipinski definition) is 0. The van der Waals surface area contributed by atoms with Gasteiger partial charge in [0.05, 0.1) is 0 Å². The minimum absolute atomic E-state index is 0.889. The molecule has 0 atom stereocenters. The second-order valence-corrected chi connectivity index (χ2v) is 14.0. The van der Waals surface area contributed by atoms with Crippen molar-refractivity contribution in [2.24, 2.45) is 0 Å². The van der Waals surface area contributed by atoms with Crippen molar-refractivity contribution in [3.8, 4) is 11.1 Å². The lowest BCUT2D eigenvalue weighted by Gasteiger charge is -2.26. The SMILES string of the molecule is c1ccc2cc3c(cc2c1)oc1ccc(-c2ccc(N(c4ccc5c(c4)sc4ccccc45)c4ccc5oc6ccccc6c5c4)cc2)cc13. The molecule has 0 amide bonds. The first-order valence-corrected chi connectivity index (χ1v) is 17.6. The molecular formula is C46H27NO2S. The van der Waals surface area contributed by atoms with Gasteiger partial charge in [0.15, 0.2) is 0 Å². The number of benzene rings is 8. The molecule has 0 saturated heterocycles. The minimum Gasteiger partial charge on any atom is -0.456 e. The summed E-state index contributed by atoms with van der Waals surface area (Å²) in [4.78, 5) is 2.35. The molecular weight excluding hydrogens is 631 g/mol. The fraction of sp³-hybridized carbons (Fsp3) is 0. The van der Waals surface area contributed by atoms with E-state index in [9.17, 15) is 0 Å². The molecule has 3 heterocycles. The fourth-order valence-corrected chi connectivity index (χ4v) is 8.74. The van der Waals surface area contributed by atoms with Crippen molar-refractivity contribution < 1.29 is 8.83 Å². The summed E-state index contributed by atoms with van der Waals surface area (Å²) >= 11 is 1.84. The molecule has 4 heteroatoms. The Labute approximate surface area is 290 Å². The summed E-state index contributed by atoms with van der Waals surface area (Å²) in [6.07, 6.45) is 0. The fourth-order valence-electron chi connectivity index (χ4n) is 7.60. The van der Waals surface area contributed by atoms with Crippen molar-refractivity contribution in [2.75, 3.05) is 4.90 Å². The van der Waals surface area contributed by atoms with Crippen LogP contribution < -0.4 is 4.90 Å². The van der Waals surface area contributed by atoms with Gasteiger partial charge in [0, 0.05) is 58.8 Å². The van der Waals surface area contributed by atoms with Gasteiger partial charge in [-0.05, 0) is 101 Å². The zero-order chi connectivity index (χ0) is 32.8. The third kappa shape index (κ3) is 4.22. The Morgan fingerprint density at radius 1 is 0.340 bits per heavy atom. The highest BCUT2D eigenvalue weighted by Gasteiger charge is 2.18. The third-order valence-electron chi connectivity index (χ3n) is 10.0. The summed E-state index contributed by atoms with van der Waals surface area (Å²) < 4.78 is 15.1. The molecule has 0 fully saturated rings. The Balaban J connectivity index is 1.05. The van der Waals surface area contributed by atoms with Crippen LogP contribution in [0.25, 0.3) is 85.9 Å². The predicted octanol–water partition coefficient (Wildman–Crippen LogP) is 14.1. The first-order chi connectivity index (χ1) is 24.7. The van der Waals surface area contributed by atoms with E-state index >= 15 is 0 Å². The Kier molecular flexibility index (Phi) is 5.83. The molecule has 0 bridgehead atoms. The van der Waals surface area contributed by atoms with Crippen LogP contribution in [0.15, 0.2) is 173 Å². The predicted molar refractivity (Wildman–Crippen MR) is 212 cm³/mol. The van der Waals surface area contributed by atoms with E-state index in [1.165, 1.54) is 30.9 Å². The smallest absolute Gasteiger partial charge is 0.136 e. The lowest BCUT2D eigenvalue weighted by Crippen LogP contribution is -2.09. The average Bonchev–Trinajstić information content (AvgIpc) is 3.84. The zero-order valence-electron chi connectivity index (χ0n) is 26.8. The Morgan fingerprint density at radius 2 is 0.920 bits per heavy atom. The van der Waals surface area contributed by atoms with E-state index in [1.807, 2.05) is 23.5 Å². The van der Waals surface area contributed by atoms with E-state index in [0.29, 0.717) is 0 Å². The van der Waals surface area contributed by atoms with Gasteiger partial charge in [0.25, 0.3) is 0 Å². The molecule has 8 aromatic carbocycles. The van der Waals surface area contributed by atoms with Gasteiger partial charge in [-0.2, -0.15) is 0 Å². The van der Waals surface area contributed by atoms with Gasteiger partial charge in [0.2, 0.25) is 0 Å². The van der Waals surface area contributed by atoms with Gasteiger partial charge in [-0.3, -0.25) is 0 Å². The van der Waals surface area contributed by atoms with Gasteiger partial charge >= 0.3 is 0 Å². The largest absolute Gasteiger partial charge is 0.456 e. The van der Waals surface area contributed by atoms with Crippen molar-refractivity contribution in [3.05, 3.63) is 164 Å². The van der Waals surface area contributed by atoms with E-state index in [2.05, 4.69) is 157 Å². The third-order valence-corrected chi connectivity index (χ3v) is 11.2. The van der Waals surface area contributed by atoms with Gasteiger partial charge in [0.1, 0.15) is 22.3 Å². The molecule has 0 aliphatic rings. The molecule has 234 valence electrons. The molecule has 0 radical (unpaired) electrons. The molecule has 0 N–H and O–H groups in total. The molecule has 0 aliphatic heterocycles. The molecule has 0 unspecified atom stereocenters. The van der Waals surface area contributed by atoms with E-state index in [4.69, 9.17) is 8.83 Å². The van der Waals surface area contributed by atoms with Crippen LogP contribution in [0.1, 0.15) is 0 Å². The number of thiophene rings is 1. The lowest BCUT2D eigenvalue weighted by molar-refractivity contribution is 0.669. The molecule has 11 rings (SSSR count). The summed E-state index contributed by atoms with van der Waals surface area (Å²) in [5.41, 5.74) is 9.20. The first kappa shape index (κ1) is 27.6. The zero-order valence-corrected chi connectivity index (χ0v) is 27.6. The van der Waals surface area contributed by atoms with Crippen LogP contribution in [-0.4, -0.2) is 0 Å². The van der Waals surface area contributed by atoms with Crippen LogP contribution >= 0.6 is 11.3 Å². The van der Waals surface area contributed by atoms with Gasteiger partial charge < -0.3 is 13.7 Å². The first-order valence-electron chi connectivity index (χ1n) is 16.8. The van der Waals surface area contributed by atoms with Gasteiger partial charge in [-0.15, -0.1) is 11.3 Å². The highest BCUT2D eigenvalue weighted by atomic mass is 32.1. The normalized spacial score (nSPS) is 12.0. The van der Waals surface area contributed by atoms with Crippen LogP contribution in [0, 0.1) is 0 Å². The van der Waals surface area contributed by atoms with Crippen LogP contribution in [0.3, 0.4) is 0 Å². The summed E-state index contributed by atoms with van der Waals surface area (Å²) in [5.74, 6) is 0. The summed E-state index contributed by atoms with van der Waals surface area (Å²) in [6, 6.07) is 58.5. The molecule has 0 aliphatic carbocycles. The number of para-hydroxylation sites is 1. The van der Waals surface area contributed by atoms with Crippen LogP contribution in [0.4, 0.5) is 17.1 Å². The van der Waals surface area contributed by atoms with Crippen LogP contribution in [0.2, 0.25) is 0 Å². The average molecular weight is 658 g/mol. The number of nitrogens with zero attached hydrogens (tertiary/aromatic N) is 1. The maximum Gasteiger partial charge on any atom is 0.136 e. The lowest BCUT2D eigenvalue weighted by atomic mass is 10.0. The van der Waals surface area contributed by atoms with Crippen molar-refractivity contribution in [2.45, 2.75) is 0 Å². The van der Waals surface area contributed by atoms with Crippen molar-refractivity contribution in [1.29, 1.82) is 0 Å². The van der Waals surface area contributed by atoms with Crippen molar-refractivity contribution >= 4 is 103 Å². The second kappa shape index (κ2) is 10.6. The quantitative estimate of drug-likeness (QED) is 0.189. The monoisotopic (exact) mass is 657 g/mol. The number of rotatable bonds is 4. The maximum absolute atomic E-state index is 6.29. The van der Waals surface area contributed by atoms with E-state index in [1.54, 1.807) is 0 Å². The van der Waals surface area contributed by atoms with Gasteiger partial charge in [-0.25, -0.2) is 0 Å². The van der Waals surface area contributed by atoms with Crippen molar-refractivity contribution in [3.63, 3.8) is 0 Å². The highest BCUT2D eigenvalue weighted by molar-refractivity contribution is 7.25. The van der Waals surface area contributed by atoms with Crippen LogP contribution in [-0.2, 0) is 0 Å². The van der Waals surface area contributed by atoms with E-state index in [-0.39, 0.29) is 0 Å². The number of fused-ring (bicyclic) bond motifs is 10. The standard InChI is InChI=1S/C46H27NO2S/c1-2-8-30-25-44-39(23-29(30)7-1)38-24-31(15-21-42(38)49-44)28-13-16-32(17-14-28)47(33-19-22-43-40(26-33)35-9-3-5-11-41(35)48-43)34-18-20-37-36-10-4-6-12-45(36)50-46(37)27-34/h1-27H. The van der Waals surface area contributed by atoms with Crippen molar-refractivity contribution in [1.82, 2.24) is 0 Å². The number of furan rings is 2. The molecule has 3 nitrogen and oxygen atoms in total. The van der Waals surface area contributed by atoms with E-state index < -0.39 is 0 Å². The summed E-state index contributed by atoms with van der Waals surface area (Å²) in [6.45, 7) is 0. The Bertz CT molecular complexity index is 3110. The summed E-state index contributed by atoms with van der Waals surface area (Å²) in [5, 5.41) is 9.49. The topological polar surface area (TPSA) is 29.5 Å². The molecule has 11 aromatic rings. The molecule has 0 spiro atoms. The number of hydrogen-bond acceptors (Lipinski definition) is 4. The summed E-state index contributed by atoms with van der Waals surface area (Å²) in [7, 11) is 0. The maximum atomic E-state index is 6.29. The molecule has 3 aromatic heterocycles. The molecule has 0 saturated carbocycles. The highest BCUT2D eigenvalue weighted by Crippen LogP contribution is 2.43. The Hall–Kier alpha value is -6.36. The van der Waals surface area contributed by atoms with Crippen LogP contribution in [0.5, 0.6) is 0 Å². The van der Waals surface area contributed by atoms with E-state index in [0.717, 1.165) is 72.1 Å². The number of anilines is 3.